The van der Waals surface area contributed by atoms with Gasteiger partial charge in [-0.3, -0.25) is 0 Å². The van der Waals surface area contributed by atoms with Crippen LogP contribution in [-0.4, -0.2) is 0 Å². The Morgan fingerprint density at radius 1 is 0.840 bits per heavy atom. The molecule has 0 N–H and O–H groups in total. The summed E-state index contributed by atoms with van der Waals surface area (Å²) in [4.78, 5) is 0. The highest BCUT2D eigenvalue weighted by atomic mass is 35.5. The molecule has 0 bridgehead atoms. The van der Waals surface area contributed by atoms with Crippen LogP contribution in [0.2, 0.25) is 5.02 Å². The minimum Gasteiger partial charge on any atom is -0.457 e. The molecule has 3 aromatic rings. The first-order valence-corrected chi connectivity index (χ1v) is 8.81. The standard InChI is InChI=1S/C22H21ClO2/c1-2-22(18-11-13-19(23)14-12-18)24-16-17-7-6-10-21(15-17)25-20-8-4-3-5-9-20/h3-15,22H,2,16H2,1H3. The molecule has 0 heterocycles. The number of rotatable bonds is 7. The molecule has 0 saturated heterocycles. The van der Waals surface area contributed by atoms with Gasteiger partial charge in [-0.1, -0.05) is 61.0 Å². The molecule has 3 aromatic carbocycles. The van der Waals surface area contributed by atoms with Crippen molar-refractivity contribution >= 4 is 11.6 Å². The zero-order valence-corrected chi connectivity index (χ0v) is 14.9. The quantitative estimate of drug-likeness (QED) is 0.465. The van der Waals surface area contributed by atoms with Crippen LogP contribution in [0.4, 0.5) is 0 Å². The number of halogens is 1. The second-order valence-electron chi connectivity index (χ2n) is 5.82. The van der Waals surface area contributed by atoms with Crippen LogP contribution < -0.4 is 4.74 Å². The van der Waals surface area contributed by atoms with E-state index in [1.54, 1.807) is 0 Å². The van der Waals surface area contributed by atoms with Crippen LogP contribution in [0.5, 0.6) is 11.5 Å². The Hall–Kier alpha value is -2.29. The van der Waals surface area contributed by atoms with Gasteiger partial charge < -0.3 is 9.47 Å². The Balaban J connectivity index is 1.64. The van der Waals surface area contributed by atoms with E-state index in [9.17, 15) is 0 Å². The van der Waals surface area contributed by atoms with Crippen molar-refractivity contribution < 1.29 is 9.47 Å². The topological polar surface area (TPSA) is 18.5 Å². The van der Waals surface area contributed by atoms with E-state index in [0.29, 0.717) is 6.61 Å². The minimum absolute atomic E-state index is 0.0518. The van der Waals surface area contributed by atoms with Gasteiger partial charge in [-0.2, -0.15) is 0 Å². The maximum Gasteiger partial charge on any atom is 0.127 e. The molecule has 128 valence electrons. The summed E-state index contributed by atoms with van der Waals surface area (Å²) in [6, 6.07) is 25.6. The molecule has 0 aliphatic heterocycles. The smallest absolute Gasteiger partial charge is 0.127 e. The number of para-hydroxylation sites is 1. The van der Waals surface area contributed by atoms with Crippen molar-refractivity contribution in [3.8, 4) is 11.5 Å². The van der Waals surface area contributed by atoms with Crippen LogP contribution in [-0.2, 0) is 11.3 Å². The summed E-state index contributed by atoms with van der Waals surface area (Å²) in [7, 11) is 0. The summed E-state index contributed by atoms with van der Waals surface area (Å²) in [5.41, 5.74) is 2.23. The average molecular weight is 353 g/mol. The van der Waals surface area contributed by atoms with Gasteiger partial charge in [-0.25, -0.2) is 0 Å². The average Bonchev–Trinajstić information content (AvgIpc) is 2.65. The van der Waals surface area contributed by atoms with Crippen LogP contribution in [0, 0.1) is 0 Å². The fourth-order valence-corrected chi connectivity index (χ4v) is 2.77. The first-order chi connectivity index (χ1) is 12.2. The van der Waals surface area contributed by atoms with Gasteiger partial charge >= 0.3 is 0 Å². The first kappa shape index (κ1) is 17.5. The van der Waals surface area contributed by atoms with Crippen molar-refractivity contribution in [2.45, 2.75) is 26.1 Å². The highest BCUT2D eigenvalue weighted by molar-refractivity contribution is 6.30. The van der Waals surface area contributed by atoms with E-state index in [1.165, 1.54) is 0 Å². The number of benzene rings is 3. The SMILES string of the molecule is CCC(OCc1cccc(Oc2ccccc2)c1)c1ccc(Cl)cc1. The van der Waals surface area contributed by atoms with Crippen molar-refractivity contribution in [1.29, 1.82) is 0 Å². The van der Waals surface area contributed by atoms with Crippen molar-refractivity contribution in [2.75, 3.05) is 0 Å². The molecule has 0 aromatic heterocycles. The lowest BCUT2D eigenvalue weighted by Gasteiger charge is -2.17. The monoisotopic (exact) mass is 352 g/mol. The van der Waals surface area contributed by atoms with Gasteiger partial charge in [0.05, 0.1) is 12.7 Å². The number of hydrogen-bond acceptors (Lipinski definition) is 2. The van der Waals surface area contributed by atoms with Crippen LogP contribution in [0.15, 0.2) is 78.9 Å². The Labute approximate surface area is 154 Å². The molecule has 0 radical (unpaired) electrons. The van der Waals surface area contributed by atoms with Crippen molar-refractivity contribution in [3.05, 3.63) is 95.0 Å². The molecule has 2 nitrogen and oxygen atoms in total. The Morgan fingerprint density at radius 2 is 1.56 bits per heavy atom. The third-order valence-corrected chi connectivity index (χ3v) is 4.19. The summed E-state index contributed by atoms with van der Waals surface area (Å²) in [5, 5.41) is 0.740. The maximum atomic E-state index is 6.11. The van der Waals surface area contributed by atoms with Gasteiger partial charge in [0.2, 0.25) is 0 Å². The second-order valence-corrected chi connectivity index (χ2v) is 6.26. The summed E-state index contributed by atoms with van der Waals surface area (Å²) in [6.45, 7) is 2.65. The second kappa shape index (κ2) is 8.70. The fraction of sp³-hybridized carbons (Fsp3) is 0.182. The van der Waals surface area contributed by atoms with Gasteiger partial charge in [0.15, 0.2) is 0 Å². The Morgan fingerprint density at radius 3 is 2.28 bits per heavy atom. The lowest BCUT2D eigenvalue weighted by molar-refractivity contribution is 0.0371. The summed E-state index contributed by atoms with van der Waals surface area (Å²) >= 11 is 5.96. The van der Waals surface area contributed by atoms with E-state index >= 15 is 0 Å². The minimum atomic E-state index is 0.0518. The molecule has 0 spiro atoms. The highest BCUT2D eigenvalue weighted by Crippen LogP contribution is 2.26. The Kier molecular flexibility index (Phi) is 6.10. The number of hydrogen-bond donors (Lipinski definition) is 0. The molecule has 25 heavy (non-hydrogen) atoms. The zero-order chi connectivity index (χ0) is 17.5. The van der Waals surface area contributed by atoms with Crippen molar-refractivity contribution in [2.24, 2.45) is 0 Å². The Bertz CT molecular complexity index is 785. The normalized spacial score (nSPS) is 11.9. The summed E-state index contributed by atoms with van der Waals surface area (Å²) in [6.07, 6.45) is 0.956. The third-order valence-electron chi connectivity index (χ3n) is 3.94. The summed E-state index contributed by atoms with van der Waals surface area (Å²) < 4.78 is 12.0. The summed E-state index contributed by atoms with van der Waals surface area (Å²) in [5.74, 6) is 1.64. The van der Waals surface area contributed by atoms with E-state index in [1.807, 2.05) is 78.9 Å². The van der Waals surface area contributed by atoms with Crippen LogP contribution in [0.1, 0.15) is 30.6 Å². The molecular weight excluding hydrogens is 332 g/mol. The van der Waals surface area contributed by atoms with Gasteiger partial charge in [-0.05, 0) is 53.9 Å². The largest absolute Gasteiger partial charge is 0.457 e. The molecule has 3 heteroatoms. The van der Waals surface area contributed by atoms with E-state index < -0.39 is 0 Å². The zero-order valence-electron chi connectivity index (χ0n) is 14.2. The third kappa shape index (κ3) is 5.09. The van der Waals surface area contributed by atoms with Crippen LogP contribution in [0.25, 0.3) is 0 Å². The van der Waals surface area contributed by atoms with E-state index in [-0.39, 0.29) is 6.10 Å². The van der Waals surface area contributed by atoms with E-state index in [2.05, 4.69) is 6.92 Å². The molecule has 0 amide bonds. The first-order valence-electron chi connectivity index (χ1n) is 8.43. The van der Waals surface area contributed by atoms with Crippen molar-refractivity contribution in [3.63, 3.8) is 0 Å². The molecule has 0 fully saturated rings. The van der Waals surface area contributed by atoms with Crippen LogP contribution in [0.3, 0.4) is 0 Å². The predicted molar refractivity (Wildman–Crippen MR) is 102 cm³/mol. The molecule has 1 unspecified atom stereocenters. The highest BCUT2D eigenvalue weighted by Gasteiger charge is 2.10. The molecular formula is C22H21ClO2. The van der Waals surface area contributed by atoms with Gasteiger partial charge in [0.25, 0.3) is 0 Å². The van der Waals surface area contributed by atoms with Crippen molar-refractivity contribution in [1.82, 2.24) is 0 Å². The van der Waals surface area contributed by atoms with E-state index in [4.69, 9.17) is 21.1 Å². The molecule has 3 rings (SSSR count). The van der Waals surface area contributed by atoms with Gasteiger partial charge in [-0.15, -0.1) is 0 Å². The molecule has 1 atom stereocenters. The fourth-order valence-electron chi connectivity index (χ4n) is 2.65. The maximum absolute atomic E-state index is 6.11. The number of ether oxygens (including phenoxy) is 2. The molecule has 0 aliphatic carbocycles. The lowest BCUT2D eigenvalue weighted by Crippen LogP contribution is -2.03. The molecule has 0 aliphatic rings. The van der Waals surface area contributed by atoms with E-state index in [0.717, 1.165) is 34.1 Å². The lowest BCUT2D eigenvalue weighted by atomic mass is 10.1. The van der Waals surface area contributed by atoms with Gasteiger partial charge in [0, 0.05) is 5.02 Å². The van der Waals surface area contributed by atoms with Gasteiger partial charge in [0.1, 0.15) is 11.5 Å². The predicted octanol–water partition coefficient (Wildman–Crippen LogP) is 6.80. The van der Waals surface area contributed by atoms with Crippen LogP contribution >= 0.6 is 11.6 Å². The molecule has 0 saturated carbocycles.